The Kier molecular flexibility index (Phi) is 8.35. The average molecular weight is 701 g/mol. The molecule has 1 saturated heterocycles. The zero-order valence-corrected chi connectivity index (χ0v) is 27.0. The minimum atomic E-state index is -1.88. The second-order valence-electron chi connectivity index (χ2n) is 11.9. The van der Waals surface area contributed by atoms with Crippen molar-refractivity contribution in [2.75, 3.05) is 24.1 Å². The second kappa shape index (κ2) is 11.9. The molecule has 11 heteroatoms. The topological polar surface area (TPSA) is 140 Å². The Morgan fingerprint density at radius 3 is 2.74 bits per heavy atom. The number of aromatic nitrogens is 2. The van der Waals surface area contributed by atoms with Crippen LogP contribution >= 0.6 is 0 Å². The van der Waals surface area contributed by atoms with Crippen LogP contribution in [0.1, 0.15) is 68.2 Å². The number of esters is 1. The van der Waals surface area contributed by atoms with E-state index < -0.39 is 32.8 Å². The molecule has 0 aliphatic carbocycles. The van der Waals surface area contributed by atoms with E-state index in [2.05, 4.69) is 25.2 Å². The van der Waals surface area contributed by atoms with Gasteiger partial charge < -0.3 is 0 Å². The van der Waals surface area contributed by atoms with Gasteiger partial charge in [0.05, 0.1) is 0 Å². The third-order valence-electron chi connectivity index (χ3n) is 8.98. The first-order valence-electron chi connectivity index (χ1n) is 15.1. The fraction of sp³-hybridized carbons (Fsp3) is 0.500. The van der Waals surface area contributed by atoms with Crippen LogP contribution in [0.25, 0.3) is 22.3 Å². The first-order chi connectivity index (χ1) is 20.7. The Balaban J connectivity index is 1.47. The van der Waals surface area contributed by atoms with Gasteiger partial charge in [0.1, 0.15) is 0 Å². The van der Waals surface area contributed by atoms with Crippen LogP contribution in [0.4, 0.5) is 0 Å². The third kappa shape index (κ3) is 5.07. The molecule has 5 heterocycles. The molecular weight excluding hydrogens is 661 g/mol. The van der Waals surface area contributed by atoms with E-state index >= 15 is 0 Å². The number of cyclic esters (lactones) is 1. The minimum absolute atomic E-state index is 0.0248. The summed E-state index contributed by atoms with van der Waals surface area (Å²) in [5, 5.41) is 16.0. The van der Waals surface area contributed by atoms with Crippen molar-refractivity contribution in [1.82, 2.24) is 19.8 Å². The number of ether oxygens (including phenoxy) is 1. The van der Waals surface area contributed by atoms with Crippen molar-refractivity contribution in [3.8, 4) is 11.4 Å². The third-order valence-corrected chi connectivity index (χ3v) is 12.2. The Labute approximate surface area is 261 Å². The number of alkyl halides is 2. The Hall–Kier alpha value is -2.87. The van der Waals surface area contributed by atoms with E-state index in [0.717, 1.165) is 39.3 Å². The summed E-state index contributed by atoms with van der Waals surface area (Å²) < 4.78 is 7.84. The number of rotatable bonds is 8. The number of carbonyl (C=O) groups excluding carboxylic acids is 2. The molecule has 1 fully saturated rings. The average Bonchev–Trinajstić information content (AvgIpc) is 3.28. The van der Waals surface area contributed by atoms with Crippen LogP contribution in [0.15, 0.2) is 35.1 Å². The van der Waals surface area contributed by atoms with Gasteiger partial charge in [0.25, 0.3) is 0 Å². The number of hydrogen-bond donors (Lipinski definition) is 3. The molecule has 2 aromatic heterocycles. The summed E-state index contributed by atoms with van der Waals surface area (Å²) >= 11 is -0.392. The van der Waals surface area contributed by atoms with Gasteiger partial charge in [0, 0.05) is 0 Å². The van der Waals surface area contributed by atoms with Crippen molar-refractivity contribution in [1.29, 1.82) is 0 Å². The number of benzene rings is 1. The molecule has 230 valence electrons. The van der Waals surface area contributed by atoms with Crippen molar-refractivity contribution < 1.29 is 40.6 Å². The summed E-state index contributed by atoms with van der Waals surface area (Å²) in [6, 6.07) is 9.79. The number of unbranched alkanes of at least 4 members (excludes halogenated alkanes) is 1. The second-order valence-corrected chi connectivity index (χ2v) is 15.1. The normalized spacial score (nSPS) is 23.3. The molecule has 1 unspecified atom stereocenters. The van der Waals surface area contributed by atoms with Crippen LogP contribution in [0.5, 0.6) is 0 Å². The molecule has 10 nitrogen and oxygen atoms in total. The first-order valence-corrected chi connectivity index (χ1v) is 17.9. The van der Waals surface area contributed by atoms with Crippen LogP contribution in [0, 0.1) is 0 Å². The number of aliphatic hydroxyl groups is 1. The molecule has 3 aliphatic rings. The number of amides is 1. The quantitative estimate of drug-likeness (QED) is 0.0712. The molecule has 0 bridgehead atoms. The van der Waals surface area contributed by atoms with E-state index in [1.807, 2.05) is 23.1 Å². The van der Waals surface area contributed by atoms with Gasteiger partial charge >= 0.3 is 250 Å². The summed E-state index contributed by atoms with van der Waals surface area (Å²) in [5.41, 5.74) is 8.27. The van der Waals surface area contributed by atoms with Crippen LogP contribution in [0.3, 0.4) is 0 Å². The van der Waals surface area contributed by atoms with Gasteiger partial charge in [-0.3, -0.25) is 0 Å². The maximum absolute atomic E-state index is 13.9. The van der Waals surface area contributed by atoms with Gasteiger partial charge in [-0.2, -0.15) is 0 Å². The number of nitrogens with two attached hydrogens (primary N) is 1. The molecule has 4 N–H and O–H groups in total. The Bertz CT molecular complexity index is 1660. The van der Waals surface area contributed by atoms with Crippen LogP contribution in [-0.4, -0.2) is 65.6 Å². The van der Waals surface area contributed by atoms with E-state index in [4.69, 9.17) is 15.5 Å². The number of carbonyl (C=O) groups is 2. The van der Waals surface area contributed by atoms with Crippen molar-refractivity contribution in [2.24, 2.45) is 5.73 Å². The zero-order chi connectivity index (χ0) is 30.5. The standard InChI is InChI=1S/C32H39IN5O5/c1-4-32(42)23-13-25-27-21(16-38(25)29(39)22(23)17-43-31(32)41)26(20-9-5-6-10-24(20)36-27)19-14-35-28(33-11-7-8-12-34)30(40)37(15-19)18(2)3/h5-6,9-10,13,18-19,28,35,42H,4,7-8,11-12,14-17,34H2,1-3H3/q-1/t19?,28-,32+/m1/s1. The summed E-state index contributed by atoms with van der Waals surface area (Å²) in [4.78, 5) is 47.3. The van der Waals surface area contributed by atoms with E-state index in [0.29, 0.717) is 48.7 Å². The van der Waals surface area contributed by atoms with Gasteiger partial charge in [0.15, 0.2) is 0 Å². The molecule has 1 amide bonds. The van der Waals surface area contributed by atoms with Crippen LogP contribution in [0.2, 0.25) is 0 Å². The van der Waals surface area contributed by atoms with Crippen LogP contribution in [-0.2, 0) is 33.1 Å². The van der Waals surface area contributed by atoms with E-state index in [1.54, 1.807) is 17.6 Å². The predicted molar refractivity (Wildman–Crippen MR) is 159 cm³/mol. The van der Waals surface area contributed by atoms with Crippen molar-refractivity contribution in [3.05, 3.63) is 62.9 Å². The molecule has 1 aromatic carbocycles. The Morgan fingerprint density at radius 1 is 1.21 bits per heavy atom. The van der Waals surface area contributed by atoms with Gasteiger partial charge in [-0.1, -0.05) is 6.92 Å². The van der Waals surface area contributed by atoms with Gasteiger partial charge in [-0.15, -0.1) is 0 Å². The molecule has 0 saturated carbocycles. The summed E-state index contributed by atoms with van der Waals surface area (Å²) in [7, 11) is 0. The number of pyridine rings is 2. The molecule has 3 aliphatic heterocycles. The maximum atomic E-state index is 13.9. The van der Waals surface area contributed by atoms with E-state index in [-0.39, 0.29) is 40.5 Å². The van der Waals surface area contributed by atoms with E-state index in [9.17, 15) is 19.5 Å². The fourth-order valence-electron chi connectivity index (χ4n) is 6.60. The summed E-state index contributed by atoms with van der Waals surface area (Å²) in [5.74, 6) is -0.590. The first kappa shape index (κ1) is 30.2. The summed E-state index contributed by atoms with van der Waals surface area (Å²) in [6.07, 6.45) is 2.11. The fourth-order valence-corrected chi connectivity index (χ4v) is 9.50. The van der Waals surface area contributed by atoms with Crippen molar-refractivity contribution >= 4 is 22.8 Å². The molecule has 6 rings (SSSR count). The number of halogens is 1. The molecule has 0 radical (unpaired) electrons. The SMILES string of the molecule is CC[C@@]1(O)C(=O)OCc2c1cc1n(c2=O)Cc2c-1nc1ccccc1c2C1CN[C@@H]([I-]CCCCN)C(=O)N(C(C)C)C1. The monoisotopic (exact) mass is 700 g/mol. The molecule has 3 aromatic rings. The molecule has 43 heavy (non-hydrogen) atoms. The van der Waals surface area contributed by atoms with Crippen molar-refractivity contribution in [2.45, 2.75) is 74.8 Å². The van der Waals surface area contributed by atoms with Gasteiger partial charge in [0.2, 0.25) is 0 Å². The number of fused-ring (bicyclic) bond motifs is 5. The number of nitrogens with one attached hydrogen (secondary N) is 1. The molecular formula is C32H39IN5O5-. The van der Waals surface area contributed by atoms with Gasteiger partial charge in [-0.05, 0) is 0 Å². The zero-order valence-electron chi connectivity index (χ0n) is 24.9. The predicted octanol–water partition coefficient (Wildman–Crippen LogP) is -0.843. The van der Waals surface area contributed by atoms with Crippen LogP contribution < -0.4 is 37.8 Å². The number of nitrogens with zero attached hydrogens (tertiary/aromatic N) is 3. The van der Waals surface area contributed by atoms with E-state index in [1.165, 1.54) is 0 Å². The van der Waals surface area contributed by atoms with Gasteiger partial charge in [-0.25, -0.2) is 4.79 Å². The molecule has 3 atom stereocenters. The van der Waals surface area contributed by atoms with Crippen molar-refractivity contribution in [3.63, 3.8) is 0 Å². The number of hydrogen-bond acceptors (Lipinski definition) is 8. The number of para-hydroxylation sites is 1. The summed E-state index contributed by atoms with van der Waals surface area (Å²) in [6.45, 7) is 7.86. The Morgan fingerprint density at radius 2 is 2.00 bits per heavy atom. The molecule has 0 spiro atoms.